The van der Waals surface area contributed by atoms with E-state index in [0.717, 1.165) is 12.1 Å². The van der Waals surface area contributed by atoms with Crippen LogP contribution in [0.4, 0.5) is 0 Å². The molecule has 94 valence electrons. The van der Waals surface area contributed by atoms with Crippen molar-refractivity contribution in [1.29, 1.82) is 0 Å². The van der Waals surface area contributed by atoms with Crippen LogP contribution in [0.1, 0.15) is 35.2 Å². The molecule has 0 radical (unpaired) electrons. The third kappa shape index (κ3) is 3.90. The van der Waals surface area contributed by atoms with Crippen molar-refractivity contribution in [2.45, 2.75) is 19.3 Å². The SMILES string of the molecule is O=C(NCC1CC1)c1ccc(C#CCCO)cc1. The minimum Gasteiger partial charge on any atom is -0.395 e. The van der Waals surface area contributed by atoms with Crippen molar-refractivity contribution in [3.63, 3.8) is 0 Å². The normalized spacial score (nSPS) is 13.6. The number of hydrogen-bond donors (Lipinski definition) is 2. The standard InChI is InChI=1S/C15H17NO2/c17-10-2-1-3-12-6-8-14(9-7-12)15(18)16-11-13-4-5-13/h6-9,13,17H,2,4-5,10-11H2,(H,16,18). The fourth-order valence-electron chi connectivity index (χ4n) is 1.59. The highest BCUT2D eigenvalue weighted by Gasteiger charge is 2.21. The number of nitrogens with one attached hydrogen (secondary N) is 1. The van der Waals surface area contributed by atoms with Crippen molar-refractivity contribution < 1.29 is 9.90 Å². The van der Waals surface area contributed by atoms with E-state index in [9.17, 15) is 4.79 Å². The molecule has 0 spiro atoms. The zero-order valence-corrected chi connectivity index (χ0v) is 10.3. The summed E-state index contributed by atoms with van der Waals surface area (Å²) in [5.41, 5.74) is 1.53. The van der Waals surface area contributed by atoms with Crippen molar-refractivity contribution in [1.82, 2.24) is 5.32 Å². The Hall–Kier alpha value is -1.79. The van der Waals surface area contributed by atoms with Crippen molar-refractivity contribution in [3.05, 3.63) is 35.4 Å². The van der Waals surface area contributed by atoms with Crippen LogP contribution < -0.4 is 5.32 Å². The van der Waals surface area contributed by atoms with E-state index in [4.69, 9.17) is 5.11 Å². The Morgan fingerprint density at radius 2 is 2.06 bits per heavy atom. The molecule has 0 heterocycles. The van der Waals surface area contributed by atoms with Crippen LogP contribution in [-0.4, -0.2) is 24.2 Å². The highest BCUT2D eigenvalue weighted by atomic mass is 16.2. The van der Waals surface area contributed by atoms with Crippen LogP contribution in [0.2, 0.25) is 0 Å². The molecule has 3 heteroatoms. The number of carbonyl (C=O) groups is 1. The molecule has 0 saturated heterocycles. The quantitative estimate of drug-likeness (QED) is 0.788. The second kappa shape index (κ2) is 6.23. The number of aliphatic hydroxyl groups is 1. The molecule has 1 saturated carbocycles. The molecule has 3 nitrogen and oxygen atoms in total. The lowest BCUT2D eigenvalue weighted by Gasteiger charge is -2.03. The Kier molecular flexibility index (Phi) is 4.38. The molecular weight excluding hydrogens is 226 g/mol. The van der Waals surface area contributed by atoms with Gasteiger partial charge in [-0.05, 0) is 43.0 Å². The van der Waals surface area contributed by atoms with Crippen LogP contribution in [0.5, 0.6) is 0 Å². The summed E-state index contributed by atoms with van der Waals surface area (Å²) in [7, 11) is 0. The van der Waals surface area contributed by atoms with E-state index < -0.39 is 0 Å². The number of carbonyl (C=O) groups excluding carboxylic acids is 1. The molecule has 2 N–H and O–H groups in total. The zero-order valence-electron chi connectivity index (χ0n) is 10.3. The summed E-state index contributed by atoms with van der Waals surface area (Å²) < 4.78 is 0. The van der Waals surface area contributed by atoms with E-state index in [1.54, 1.807) is 12.1 Å². The molecular formula is C15H17NO2. The van der Waals surface area contributed by atoms with Gasteiger partial charge in [-0.1, -0.05) is 11.8 Å². The van der Waals surface area contributed by atoms with Crippen molar-refractivity contribution in [3.8, 4) is 11.8 Å². The highest BCUT2D eigenvalue weighted by molar-refractivity contribution is 5.94. The molecule has 1 amide bonds. The van der Waals surface area contributed by atoms with Crippen molar-refractivity contribution in [2.24, 2.45) is 5.92 Å². The molecule has 2 rings (SSSR count). The maximum Gasteiger partial charge on any atom is 0.251 e. The topological polar surface area (TPSA) is 49.3 Å². The van der Waals surface area contributed by atoms with Gasteiger partial charge in [-0.2, -0.15) is 0 Å². The molecule has 1 aromatic rings. The van der Waals surface area contributed by atoms with Crippen molar-refractivity contribution >= 4 is 5.91 Å². The summed E-state index contributed by atoms with van der Waals surface area (Å²) >= 11 is 0. The van der Waals surface area contributed by atoms with Gasteiger partial charge in [-0.3, -0.25) is 4.79 Å². The monoisotopic (exact) mass is 243 g/mol. The first kappa shape index (κ1) is 12.7. The lowest BCUT2D eigenvalue weighted by Crippen LogP contribution is -2.25. The lowest BCUT2D eigenvalue weighted by atomic mass is 10.1. The van der Waals surface area contributed by atoms with E-state index in [-0.39, 0.29) is 12.5 Å². The summed E-state index contributed by atoms with van der Waals surface area (Å²) in [6.07, 6.45) is 2.95. The first-order valence-electron chi connectivity index (χ1n) is 6.27. The van der Waals surface area contributed by atoms with Crippen LogP contribution >= 0.6 is 0 Å². The molecule has 1 aliphatic carbocycles. The number of benzene rings is 1. The highest BCUT2D eigenvalue weighted by Crippen LogP contribution is 2.27. The second-order valence-corrected chi connectivity index (χ2v) is 4.51. The van der Waals surface area contributed by atoms with Gasteiger partial charge in [0, 0.05) is 24.1 Å². The Balaban J connectivity index is 1.89. The summed E-state index contributed by atoms with van der Waals surface area (Å²) in [6.45, 7) is 0.867. The molecule has 0 aliphatic heterocycles. The van der Waals surface area contributed by atoms with Crippen LogP contribution in [0, 0.1) is 17.8 Å². The van der Waals surface area contributed by atoms with Gasteiger partial charge in [-0.15, -0.1) is 0 Å². The van der Waals surface area contributed by atoms with E-state index >= 15 is 0 Å². The van der Waals surface area contributed by atoms with E-state index in [0.29, 0.717) is 17.9 Å². The Bertz CT molecular complexity index is 464. The molecule has 1 aromatic carbocycles. The van der Waals surface area contributed by atoms with E-state index in [1.165, 1.54) is 12.8 Å². The Morgan fingerprint density at radius 3 is 2.67 bits per heavy atom. The maximum absolute atomic E-state index is 11.8. The molecule has 0 atom stereocenters. The lowest BCUT2D eigenvalue weighted by molar-refractivity contribution is 0.0952. The molecule has 0 aromatic heterocycles. The number of rotatable bonds is 4. The summed E-state index contributed by atoms with van der Waals surface area (Å²) in [4.78, 5) is 11.8. The van der Waals surface area contributed by atoms with Gasteiger partial charge in [0.05, 0.1) is 6.61 Å². The number of aliphatic hydroxyl groups excluding tert-OH is 1. The predicted octanol–water partition coefficient (Wildman–Crippen LogP) is 1.56. The van der Waals surface area contributed by atoms with Gasteiger partial charge in [0.15, 0.2) is 0 Å². The number of hydrogen-bond acceptors (Lipinski definition) is 2. The Labute approximate surface area is 107 Å². The van der Waals surface area contributed by atoms with Crippen LogP contribution in [0.25, 0.3) is 0 Å². The zero-order chi connectivity index (χ0) is 12.8. The van der Waals surface area contributed by atoms with Gasteiger partial charge in [0.1, 0.15) is 0 Å². The first-order chi connectivity index (χ1) is 8.79. The number of amides is 1. The first-order valence-corrected chi connectivity index (χ1v) is 6.27. The largest absolute Gasteiger partial charge is 0.395 e. The third-order valence-corrected chi connectivity index (χ3v) is 2.86. The average molecular weight is 243 g/mol. The molecule has 1 aliphatic rings. The van der Waals surface area contributed by atoms with Crippen LogP contribution in [0.3, 0.4) is 0 Å². The van der Waals surface area contributed by atoms with Crippen LogP contribution in [-0.2, 0) is 0 Å². The van der Waals surface area contributed by atoms with Gasteiger partial charge in [0.2, 0.25) is 0 Å². The van der Waals surface area contributed by atoms with Gasteiger partial charge >= 0.3 is 0 Å². The summed E-state index contributed by atoms with van der Waals surface area (Å²) in [5.74, 6) is 6.45. The molecule has 18 heavy (non-hydrogen) atoms. The predicted molar refractivity (Wildman–Crippen MR) is 70.1 cm³/mol. The van der Waals surface area contributed by atoms with Crippen molar-refractivity contribution in [2.75, 3.05) is 13.2 Å². The minimum atomic E-state index is -0.0169. The Morgan fingerprint density at radius 1 is 1.33 bits per heavy atom. The fourth-order valence-corrected chi connectivity index (χ4v) is 1.59. The van der Waals surface area contributed by atoms with E-state index in [1.807, 2.05) is 12.1 Å². The minimum absolute atomic E-state index is 0.0169. The third-order valence-electron chi connectivity index (χ3n) is 2.86. The molecule has 0 bridgehead atoms. The maximum atomic E-state index is 11.8. The summed E-state index contributed by atoms with van der Waals surface area (Å²) in [5, 5.41) is 11.5. The fraction of sp³-hybridized carbons (Fsp3) is 0.400. The van der Waals surface area contributed by atoms with Gasteiger partial charge in [-0.25, -0.2) is 0 Å². The van der Waals surface area contributed by atoms with E-state index in [2.05, 4.69) is 17.2 Å². The van der Waals surface area contributed by atoms with Gasteiger partial charge < -0.3 is 10.4 Å². The summed E-state index contributed by atoms with van der Waals surface area (Å²) in [6, 6.07) is 7.23. The van der Waals surface area contributed by atoms with Gasteiger partial charge in [0.25, 0.3) is 5.91 Å². The molecule has 0 unspecified atom stereocenters. The van der Waals surface area contributed by atoms with Crippen LogP contribution in [0.15, 0.2) is 24.3 Å². The smallest absolute Gasteiger partial charge is 0.251 e. The molecule has 1 fully saturated rings. The second-order valence-electron chi connectivity index (χ2n) is 4.51. The average Bonchev–Trinajstić information content (AvgIpc) is 3.21.